The van der Waals surface area contributed by atoms with Crippen LogP contribution in [0.4, 0.5) is 5.69 Å². The van der Waals surface area contributed by atoms with E-state index in [0.29, 0.717) is 5.25 Å². The van der Waals surface area contributed by atoms with Gasteiger partial charge in [-0.15, -0.1) is 0 Å². The molecule has 1 N–H and O–H groups in total. The summed E-state index contributed by atoms with van der Waals surface area (Å²) in [5.74, 6) is 0.591. The molecule has 2 unspecified atom stereocenters. The largest absolute Gasteiger partial charge is 0.467 e. The molecule has 1 heterocycles. The highest BCUT2D eigenvalue weighted by Crippen LogP contribution is 2.37. The summed E-state index contributed by atoms with van der Waals surface area (Å²) in [5.41, 5.74) is 0.396. The molecule has 0 radical (unpaired) electrons. The Morgan fingerprint density at radius 1 is 1.47 bits per heavy atom. The van der Waals surface area contributed by atoms with Crippen molar-refractivity contribution in [1.82, 2.24) is 0 Å². The predicted octanol–water partition coefficient (Wildman–Crippen LogP) is 2.54. The van der Waals surface area contributed by atoms with Crippen molar-refractivity contribution in [3.63, 3.8) is 0 Å². The van der Waals surface area contributed by atoms with Crippen LogP contribution in [0.25, 0.3) is 0 Å². The van der Waals surface area contributed by atoms with Crippen molar-refractivity contribution in [3.05, 3.63) is 30.3 Å². The SMILES string of the molecule is COC(=O)C1(Nc2ccccc2)CSC(C)C1. The monoisotopic (exact) mass is 251 g/mol. The first-order valence-electron chi connectivity index (χ1n) is 5.69. The zero-order valence-electron chi connectivity index (χ0n) is 10.1. The van der Waals surface area contributed by atoms with Crippen LogP contribution in [0.2, 0.25) is 0 Å². The predicted molar refractivity (Wildman–Crippen MR) is 71.3 cm³/mol. The van der Waals surface area contributed by atoms with Crippen LogP contribution in [0.5, 0.6) is 0 Å². The number of carbonyl (C=O) groups excluding carboxylic acids is 1. The maximum Gasteiger partial charge on any atom is 0.332 e. The van der Waals surface area contributed by atoms with Gasteiger partial charge in [0.1, 0.15) is 5.54 Å². The van der Waals surface area contributed by atoms with Crippen molar-refractivity contribution in [3.8, 4) is 0 Å². The third kappa shape index (κ3) is 2.57. The lowest BCUT2D eigenvalue weighted by Crippen LogP contribution is -2.47. The lowest BCUT2D eigenvalue weighted by molar-refractivity contribution is -0.145. The van der Waals surface area contributed by atoms with Gasteiger partial charge in [-0.3, -0.25) is 0 Å². The van der Waals surface area contributed by atoms with Gasteiger partial charge in [0.2, 0.25) is 0 Å². The van der Waals surface area contributed by atoms with Crippen molar-refractivity contribution in [2.75, 3.05) is 18.2 Å². The van der Waals surface area contributed by atoms with E-state index in [4.69, 9.17) is 4.74 Å². The number of methoxy groups -OCH3 is 1. The highest BCUT2D eigenvalue weighted by atomic mass is 32.2. The summed E-state index contributed by atoms with van der Waals surface area (Å²) in [6, 6.07) is 9.82. The van der Waals surface area contributed by atoms with Crippen LogP contribution in [0, 0.1) is 0 Å². The Balaban J connectivity index is 2.20. The normalized spacial score (nSPS) is 27.8. The molecule has 17 heavy (non-hydrogen) atoms. The van der Waals surface area contributed by atoms with Gasteiger partial charge >= 0.3 is 5.97 Å². The minimum Gasteiger partial charge on any atom is -0.467 e. The van der Waals surface area contributed by atoms with Crippen LogP contribution < -0.4 is 5.32 Å². The van der Waals surface area contributed by atoms with Crippen molar-refractivity contribution in [2.45, 2.75) is 24.1 Å². The molecule has 0 bridgehead atoms. The number of hydrogen-bond acceptors (Lipinski definition) is 4. The highest BCUT2D eigenvalue weighted by molar-refractivity contribution is 8.00. The van der Waals surface area contributed by atoms with E-state index in [0.717, 1.165) is 17.9 Å². The van der Waals surface area contributed by atoms with Gasteiger partial charge < -0.3 is 10.1 Å². The molecule has 92 valence electrons. The number of para-hydroxylation sites is 1. The average Bonchev–Trinajstić information content (AvgIpc) is 2.72. The zero-order chi connectivity index (χ0) is 12.3. The number of esters is 1. The molecule has 1 aromatic carbocycles. The number of carbonyl (C=O) groups is 1. The molecule has 1 fully saturated rings. The smallest absolute Gasteiger partial charge is 0.332 e. The summed E-state index contributed by atoms with van der Waals surface area (Å²) >= 11 is 1.80. The molecular formula is C13H17NO2S. The fraction of sp³-hybridized carbons (Fsp3) is 0.462. The zero-order valence-corrected chi connectivity index (χ0v) is 10.9. The van der Waals surface area contributed by atoms with Crippen LogP contribution in [0.3, 0.4) is 0 Å². The fourth-order valence-electron chi connectivity index (χ4n) is 2.17. The van der Waals surface area contributed by atoms with E-state index >= 15 is 0 Å². The number of anilines is 1. The third-order valence-corrected chi connectivity index (χ3v) is 4.38. The summed E-state index contributed by atoms with van der Waals surface area (Å²) in [6.07, 6.45) is 0.805. The Labute approximate surface area is 106 Å². The lowest BCUT2D eigenvalue weighted by atomic mass is 9.96. The van der Waals surface area contributed by atoms with E-state index in [9.17, 15) is 4.79 Å². The summed E-state index contributed by atoms with van der Waals surface area (Å²) < 4.78 is 4.94. The van der Waals surface area contributed by atoms with Gasteiger partial charge in [-0.05, 0) is 18.6 Å². The molecule has 1 aliphatic rings. The molecule has 2 rings (SSSR count). The van der Waals surface area contributed by atoms with Gasteiger partial charge in [0.25, 0.3) is 0 Å². The summed E-state index contributed by atoms with van der Waals surface area (Å²) in [7, 11) is 1.45. The van der Waals surface area contributed by atoms with E-state index in [-0.39, 0.29) is 5.97 Å². The molecule has 1 aromatic rings. The molecule has 0 aliphatic carbocycles. The summed E-state index contributed by atoms with van der Waals surface area (Å²) in [6.45, 7) is 2.14. The van der Waals surface area contributed by atoms with Gasteiger partial charge in [-0.1, -0.05) is 25.1 Å². The highest BCUT2D eigenvalue weighted by Gasteiger charge is 2.45. The Bertz CT molecular complexity index is 396. The third-order valence-electron chi connectivity index (χ3n) is 2.98. The van der Waals surface area contributed by atoms with Crippen LogP contribution in [0.1, 0.15) is 13.3 Å². The first kappa shape index (κ1) is 12.3. The van der Waals surface area contributed by atoms with Crippen LogP contribution in [0.15, 0.2) is 30.3 Å². The minimum absolute atomic E-state index is 0.168. The summed E-state index contributed by atoms with van der Waals surface area (Å²) in [5, 5.41) is 3.82. The fourth-order valence-corrected chi connectivity index (χ4v) is 3.45. The van der Waals surface area contributed by atoms with E-state index in [1.807, 2.05) is 30.3 Å². The molecule has 2 atom stereocenters. The second-order valence-corrected chi connectivity index (χ2v) is 5.82. The Kier molecular flexibility index (Phi) is 3.62. The number of rotatable bonds is 3. The molecule has 3 nitrogen and oxygen atoms in total. The number of ether oxygens (including phenoxy) is 1. The molecule has 1 aliphatic heterocycles. The maximum absolute atomic E-state index is 12.0. The first-order chi connectivity index (χ1) is 8.16. The van der Waals surface area contributed by atoms with Gasteiger partial charge in [-0.2, -0.15) is 11.8 Å². The minimum atomic E-state index is -0.569. The average molecular weight is 251 g/mol. The molecule has 0 spiro atoms. The first-order valence-corrected chi connectivity index (χ1v) is 6.74. The standard InChI is InChI=1S/C13H17NO2S/c1-10-8-13(9-17-10,12(15)16-2)14-11-6-4-3-5-7-11/h3-7,10,14H,8-9H2,1-2H3. The van der Waals surface area contributed by atoms with Gasteiger partial charge in [0.15, 0.2) is 0 Å². The topological polar surface area (TPSA) is 38.3 Å². The maximum atomic E-state index is 12.0. The van der Waals surface area contributed by atoms with Gasteiger partial charge in [-0.25, -0.2) is 4.79 Å². The molecule has 0 saturated carbocycles. The quantitative estimate of drug-likeness (QED) is 0.838. The lowest BCUT2D eigenvalue weighted by Gasteiger charge is -2.28. The van der Waals surface area contributed by atoms with Crippen LogP contribution in [-0.4, -0.2) is 29.6 Å². The van der Waals surface area contributed by atoms with Crippen molar-refractivity contribution >= 4 is 23.4 Å². The van der Waals surface area contributed by atoms with E-state index in [1.165, 1.54) is 7.11 Å². The summed E-state index contributed by atoms with van der Waals surface area (Å²) in [4.78, 5) is 12.0. The number of thioether (sulfide) groups is 1. The molecule has 4 heteroatoms. The molecule has 0 aromatic heterocycles. The van der Waals surface area contributed by atoms with Crippen LogP contribution >= 0.6 is 11.8 Å². The molecule has 1 saturated heterocycles. The van der Waals surface area contributed by atoms with Crippen LogP contribution in [-0.2, 0) is 9.53 Å². The number of hydrogen-bond donors (Lipinski definition) is 1. The number of benzene rings is 1. The Hall–Kier alpha value is -1.16. The Morgan fingerprint density at radius 2 is 2.18 bits per heavy atom. The second-order valence-electron chi connectivity index (χ2n) is 4.39. The van der Waals surface area contributed by atoms with E-state index in [1.54, 1.807) is 11.8 Å². The number of nitrogens with one attached hydrogen (secondary N) is 1. The van der Waals surface area contributed by atoms with Gasteiger partial charge in [0, 0.05) is 16.7 Å². The van der Waals surface area contributed by atoms with Crippen molar-refractivity contribution in [2.24, 2.45) is 0 Å². The van der Waals surface area contributed by atoms with Crippen molar-refractivity contribution < 1.29 is 9.53 Å². The van der Waals surface area contributed by atoms with Gasteiger partial charge in [0.05, 0.1) is 7.11 Å². The second kappa shape index (κ2) is 5.00. The van der Waals surface area contributed by atoms with E-state index in [2.05, 4.69) is 12.2 Å². The molecule has 0 amide bonds. The Morgan fingerprint density at radius 3 is 2.71 bits per heavy atom. The molecular weight excluding hydrogens is 234 g/mol. The van der Waals surface area contributed by atoms with Crippen molar-refractivity contribution in [1.29, 1.82) is 0 Å². The van der Waals surface area contributed by atoms with E-state index < -0.39 is 5.54 Å².